The second-order valence-electron chi connectivity index (χ2n) is 4.20. The SMILES string of the molecule is Cc1ccc(F)c(C(NN)C(C)S(C)(=O)=O)c1. The molecule has 1 aromatic rings. The van der Waals surface area contributed by atoms with E-state index in [1.165, 1.54) is 13.0 Å². The van der Waals surface area contributed by atoms with Gasteiger partial charge >= 0.3 is 0 Å². The van der Waals surface area contributed by atoms with E-state index in [4.69, 9.17) is 5.84 Å². The fourth-order valence-corrected chi connectivity index (χ4v) is 2.35. The third-order valence-corrected chi connectivity index (χ3v) is 4.43. The Morgan fingerprint density at radius 3 is 2.47 bits per heavy atom. The highest BCUT2D eigenvalue weighted by atomic mass is 32.2. The molecule has 0 bridgehead atoms. The molecule has 0 spiro atoms. The van der Waals surface area contributed by atoms with Gasteiger partial charge in [0.1, 0.15) is 5.82 Å². The molecular formula is C11H17FN2O2S. The summed E-state index contributed by atoms with van der Waals surface area (Å²) in [6.45, 7) is 3.31. The lowest BCUT2D eigenvalue weighted by Crippen LogP contribution is -2.39. The molecule has 0 saturated heterocycles. The predicted molar refractivity (Wildman–Crippen MR) is 65.5 cm³/mol. The molecule has 17 heavy (non-hydrogen) atoms. The average Bonchev–Trinajstić information content (AvgIpc) is 2.22. The number of hydrogen-bond donors (Lipinski definition) is 2. The first-order valence-corrected chi connectivity index (χ1v) is 7.14. The van der Waals surface area contributed by atoms with Crippen LogP contribution in [0.4, 0.5) is 4.39 Å². The van der Waals surface area contributed by atoms with Crippen LogP contribution < -0.4 is 11.3 Å². The van der Waals surface area contributed by atoms with Crippen LogP contribution >= 0.6 is 0 Å². The molecule has 3 N–H and O–H groups in total. The molecule has 0 aliphatic carbocycles. The minimum atomic E-state index is -3.30. The second kappa shape index (κ2) is 5.12. The number of aryl methyl sites for hydroxylation is 1. The minimum Gasteiger partial charge on any atom is -0.271 e. The average molecular weight is 260 g/mol. The highest BCUT2D eigenvalue weighted by molar-refractivity contribution is 7.91. The van der Waals surface area contributed by atoms with Crippen molar-refractivity contribution in [3.05, 3.63) is 35.1 Å². The topological polar surface area (TPSA) is 72.2 Å². The number of hydrazine groups is 1. The smallest absolute Gasteiger partial charge is 0.151 e. The zero-order valence-electron chi connectivity index (χ0n) is 10.1. The number of nitrogens with one attached hydrogen (secondary N) is 1. The van der Waals surface area contributed by atoms with Crippen LogP contribution in [0.2, 0.25) is 0 Å². The fourth-order valence-electron chi connectivity index (χ4n) is 1.63. The molecule has 0 heterocycles. The minimum absolute atomic E-state index is 0.269. The lowest BCUT2D eigenvalue weighted by Gasteiger charge is -2.23. The molecule has 0 amide bonds. The Morgan fingerprint density at radius 1 is 1.41 bits per heavy atom. The molecule has 2 atom stereocenters. The maximum atomic E-state index is 13.7. The van der Waals surface area contributed by atoms with Gasteiger partial charge in [-0.2, -0.15) is 0 Å². The molecule has 1 rings (SSSR count). The molecule has 0 saturated carbocycles. The van der Waals surface area contributed by atoms with Gasteiger partial charge in [-0.05, 0) is 19.9 Å². The highest BCUT2D eigenvalue weighted by Gasteiger charge is 2.28. The first-order valence-electron chi connectivity index (χ1n) is 5.18. The number of hydrogen-bond acceptors (Lipinski definition) is 4. The molecule has 1 aromatic carbocycles. The summed E-state index contributed by atoms with van der Waals surface area (Å²) in [5, 5.41) is -0.802. The van der Waals surface area contributed by atoms with Gasteiger partial charge in [0, 0.05) is 11.8 Å². The summed E-state index contributed by atoms with van der Waals surface area (Å²) in [7, 11) is -3.30. The van der Waals surface area contributed by atoms with Crippen molar-refractivity contribution < 1.29 is 12.8 Å². The van der Waals surface area contributed by atoms with Crippen LogP contribution in [0.5, 0.6) is 0 Å². The van der Waals surface area contributed by atoms with E-state index in [1.807, 2.05) is 6.92 Å². The zero-order valence-corrected chi connectivity index (χ0v) is 10.9. The van der Waals surface area contributed by atoms with Crippen molar-refractivity contribution in [3.8, 4) is 0 Å². The van der Waals surface area contributed by atoms with Gasteiger partial charge in [0.15, 0.2) is 9.84 Å². The van der Waals surface area contributed by atoms with Crippen molar-refractivity contribution in [1.82, 2.24) is 5.43 Å². The monoisotopic (exact) mass is 260 g/mol. The normalized spacial score (nSPS) is 15.6. The first kappa shape index (κ1) is 14.1. The molecule has 0 fully saturated rings. The van der Waals surface area contributed by atoms with Crippen LogP contribution in [0.1, 0.15) is 24.1 Å². The second-order valence-corrected chi connectivity index (χ2v) is 6.61. The van der Waals surface area contributed by atoms with Crippen molar-refractivity contribution in [2.24, 2.45) is 5.84 Å². The fraction of sp³-hybridized carbons (Fsp3) is 0.455. The van der Waals surface area contributed by atoms with E-state index in [-0.39, 0.29) is 5.56 Å². The molecule has 0 radical (unpaired) electrons. The van der Waals surface area contributed by atoms with Gasteiger partial charge < -0.3 is 0 Å². The molecule has 0 aliphatic rings. The quantitative estimate of drug-likeness (QED) is 0.627. The van der Waals surface area contributed by atoms with Crippen molar-refractivity contribution in [2.45, 2.75) is 25.1 Å². The van der Waals surface area contributed by atoms with Gasteiger partial charge in [0.05, 0.1) is 11.3 Å². The summed E-state index contributed by atoms with van der Waals surface area (Å²) >= 11 is 0. The molecule has 4 nitrogen and oxygen atoms in total. The highest BCUT2D eigenvalue weighted by Crippen LogP contribution is 2.24. The Hall–Kier alpha value is -0.980. The van der Waals surface area contributed by atoms with Crippen LogP contribution in [-0.2, 0) is 9.84 Å². The Morgan fingerprint density at radius 2 is 2.00 bits per heavy atom. The van der Waals surface area contributed by atoms with Gasteiger partial charge in [0.25, 0.3) is 0 Å². The van der Waals surface area contributed by atoms with E-state index in [9.17, 15) is 12.8 Å². The van der Waals surface area contributed by atoms with Gasteiger partial charge in [-0.15, -0.1) is 0 Å². The van der Waals surface area contributed by atoms with Crippen molar-refractivity contribution in [3.63, 3.8) is 0 Å². The molecular weight excluding hydrogens is 243 g/mol. The lowest BCUT2D eigenvalue weighted by atomic mass is 10.0. The third-order valence-electron chi connectivity index (χ3n) is 2.81. The summed E-state index contributed by atoms with van der Waals surface area (Å²) in [6, 6.07) is 3.77. The van der Waals surface area contributed by atoms with Gasteiger partial charge in [-0.3, -0.25) is 11.3 Å². The van der Waals surface area contributed by atoms with Crippen LogP contribution in [0, 0.1) is 12.7 Å². The zero-order chi connectivity index (χ0) is 13.2. The van der Waals surface area contributed by atoms with Crippen molar-refractivity contribution in [1.29, 1.82) is 0 Å². The standard InChI is InChI=1S/C11H17FN2O2S/c1-7-4-5-10(12)9(6-7)11(14-13)8(2)17(3,15)16/h4-6,8,11,14H,13H2,1-3H3. The molecule has 2 unspecified atom stereocenters. The number of sulfone groups is 1. The number of halogens is 1. The van der Waals surface area contributed by atoms with E-state index in [0.717, 1.165) is 11.8 Å². The molecule has 96 valence electrons. The lowest BCUT2D eigenvalue weighted by molar-refractivity contribution is 0.488. The summed E-state index contributed by atoms with van der Waals surface area (Å²) in [4.78, 5) is 0. The maximum absolute atomic E-state index is 13.7. The van der Waals surface area contributed by atoms with E-state index in [0.29, 0.717) is 0 Å². The Bertz CT molecular complexity index is 502. The predicted octanol–water partition coefficient (Wildman–Crippen LogP) is 1.07. The third kappa shape index (κ3) is 3.24. The summed E-state index contributed by atoms with van der Waals surface area (Å²) in [5.41, 5.74) is 3.49. The Balaban J connectivity index is 3.23. The molecule has 0 aromatic heterocycles. The molecule has 6 heteroatoms. The van der Waals surface area contributed by atoms with Crippen LogP contribution in [-0.4, -0.2) is 19.9 Å². The van der Waals surface area contributed by atoms with Crippen LogP contribution in [0.3, 0.4) is 0 Å². The summed E-state index contributed by atoms with van der Waals surface area (Å²) in [5.74, 6) is 4.88. The van der Waals surface area contributed by atoms with E-state index in [2.05, 4.69) is 5.43 Å². The van der Waals surface area contributed by atoms with Crippen LogP contribution in [0.15, 0.2) is 18.2 Å². The van der Waals surface area contributed by atoms with Gasteiger partial charge in [-0.25, -0.2) is 12.8 Å². The van der Waals surface area contributed by atoms with E-state index < -0.39 is 26.9 Å². The Kier molecular flexibility index (Phi) is 4.24. The number of benzene rings is 1. The van der Waals surface area contributed by atoms with Gasteiger partial charge in [-0.1, -0.05) is 17.7 Å². The van der Waals surface area contributed by atoms with Crippen molar-refractivity contribution >= 4 is 9.84 Å². The molecule has 0 aliphatic heterocycles. The maximum Gasteiger partial charge on any atom is 0.151 e. The summed E-state index contributed by atoms with van der Waals surface area (Å²) < 4.78 is 36.6. The van der Waals surface area contributed by atoms with E-state index in [1.54, 1.807) is 12.1 Å². The van der Waals surface area contributed by atoms with Crippen molar-refractivity contribution in [2.75, 3.05) is 6.26 Å². The van der Waals surface area contributed by atoms with E-state index >= 15 is 0 Å². The number of nitrogens with two attached hydrogens (primary N) is 1. The van der Waals surface area contributed by atoms with Gasteiger partial charge in [0.2, 0.25) is 0 Å². The summed E-state index contributed by atoms with van der Waals surface area (Å²) in [6.07, 6.45) is 1.11. The largest absolute Gasteiger partial charge is 0.271 e. The Labute approximate surface area is 101 Å². The first-order chi connectivity index (χ1) is 7.77. The van der Waals surface area contributed by atoms with Crippen LogP contribution in [0.25, 0.3) is 0 Å². The number of rotatable bonds is 4.